The van der Waals surface area contributed by atoms with Crippen LogP contribution < -0.4 is 5.73 Å². The van der Waals surface area contributed by atoms with Gasteiger partial charge in [0.1, 0.15) is 0 Å². The molecule has 0 aliphatic carbocycles. The van der Waals surface area contributed by atoms with E-state index in [2.05, 4.69) is 9.47 Å². The first kappa shape index (κ1) is 16.4. The minimum Gasteiger partial charge on any atom is -0.469 e. The molecule has 100 valence electrons. The van der Waals surface area contributed by atoms with Crippen LogP contribution in [-0.4, -0.2) is 26.2 Å². The molecule has 0 aliphatic rings. The number of hydrogen-bond donors (Lipinski definition) is 1. The summed E-state index contributed by atoms with van der Waals surface area (Å²) in [6.45, 7) is 0. The Balaban J connectivity index is 0.00000289. The molecule has 0 saturated carbocycles. The summed E-state index contributed by atoms with van der Waals surface area (Å²) < 4.78 is 9.13. The van der Waals surface area contributed by atoms with Gasteiger partial charge in [-0.2, -0.15) is 0 Å². The number of halogens is 1. The smallest absolute Gasteiger partial charge is 0.337 e. The predicted molar refractivity (Wildman–Crippen MR) is 68.6 cm³/mol. The zero-order chi connectivity index (χ0) is 12.8. The van der Waals surface area contributed by atoms with Gasteiger partial charge in [-0.1, -0.05) is 12.1 Å². The molecule has 0 bridgehead atoms. The Morgan fingerprint density at radius 3 is 2.50 bits per heavy atom. The van der Waals surface area contributed by atoms with Crippen LogP contribution in [0.25, 0.3) is 0 Å². The highest BCUT2D eigenvalue weighted by Gasteiger charge is 2.14. The van der Waals surface area contributed by atoms with Gasteiger partial charge in [-0.25, -0.2) is 4.79 Å². The average molecular weight is 274 g/mol. The number of methoxy groups -OCH3 is 2. The second-order valence-corrected chi connectivity index (χ2v) is 3.50. The molecular weight excluding hydrogens is 258 g/mol. The molecule has 0 aromatic heterocycles. The molecule has 0 radical (unpaired) electrons. The van der Waals surface area contributed by atoms with Crippen LogP contribution in [0.1, 0.15) is 28.4 Å². The highest BCUT2D eigenvalue weighted by Crippen LogP contribution is 2.16. The van der Waals surface area contributed by atoms with E-state index in [1.807, 2.05) is 0 Å². The Morgan fingerprint density at radius 1 is 1.28 bits per heavy atom. The lowest BCUT2D eigenvalue weighted by molar-refractivity contribution is -0.141. The number of ether oxygens (including phenoxy) is 2. The van der Waals surface area contributed by atoms with E-state index in [4.69, 9.17) is 5.73 Å². The van der Waals surface area contributed by atoms with Crippen LogP contribution in [-0.2, 0) is 14.3 Å². The molecule has 0 fully saturated rings. The normalized spacial score (nSPS) is 11.1. The quantitative estimate of drug-likeness (QED) is 0.840. The van der Waals surface area contributed by atoms with Crippen molar-refractivity contribution in [3.05, 3.63) is 35.4 Å². The van der Waals surface area contributed by atoms with Crippen LogP contribution in [0.3, 0.4) is 0 Å². The third kappa shape index (κ3) is 4.35. The molecule has 0 saturated heterocycles. The second-order valence-electron chi connectivity index (χ2n) is 3.50. The van der Waals surface area contributed by atoms with Gasteiger partial charge in [-0.15, -0.1) is 12.4 Å². The van der Waals surface area contributed by atoms with Crippen LogP contribution >= 0.6 is 12.4 Å². The predicted octanol–water partition coefficient (Wildman–Crippen LogP) is 1.46. The van der Waals surface area contributed by atoms with Gasteiger partial charge in [0.2, 0.25) is 0 Å². The van der Waals surface area contributed by atoms with Crippen molar-refractivity contribution in [1.29, 1.82) is 0 Å². The van der Waals surface area contributed by atoms with Gasteiger partial charge in [0, 0.05) is 6.04 Å². The SMILES string of the molecule is COC(=O)C[C@H](N)c1cccc(C(=O)OC)c1.Cl. The fraction of sp³-hybridized carbons (Fsp3) is 0.333. The van der Waals surface area contributed by atoms with Crippen molar-refractivity contribution in [2.75, 3.05) is 14.2 Å². The topological polar surface area (TPSA) is 78.6 Å². The van der Waals surface area contributed by atoms with Gasteiger partial charge in [-0.05, 0) is 17.7 Å². The van der Waals surface area contributed by atoms with E-state index in [0.29, 0.717) is 11.1 Å². The van der Waals surface area contributed by atoms with Crippen molar-refractivity contribution in [2.24, 2.45) is 5.73 Å². The molecule has 0 unspecified atom stereocenters. The maximum absolute atomic E-state index is 11.3. The molecule has 1 aromatic rings. The van der Waals surface area contributed by atoms with Crippen molar-refractivity contribution in [3.8, 4) is 0 Å². The monoisotopic (exact) mass is 273 g/mol. The van der Waals surface area contributed by atoms with Crippen LogP contribution in [0, 0.1) is 0 Å². The number of rotatable bonds is 4. The van der Waals surface area contributed by atoms with Crippen molar-refractivity contribution in [3.63, 3.8) is 0 Å². The number of esters is 2. The van der Waals surface area contributed by atoms with Crippen LogP contribution in [0.2, 0.25) is 0 Å². The molecule has 0 amide bonds. The van der Waals surface area contributed by atoms with Crippen molar-refractivity contribution in [2.45, 2.75) is 12.5 Å². The molecule has 18 heavy (non-hydrogen) atoms. The zero-order valence-corrected chi connectivity index (χ0v) is 11.0. The van der Waals surface area contributed by atoms with Gasteiger partial charge in [-0.3, -0.25) is 4.79 Å². The average Bonchev–Trinajstić information content (AvgIpc) is 2.37. The Hall–Kier alpha value is -1.59. The Labute approximate surface area is 112 Å². The summed E-state index contributed by atoms with van der Waals surface area (Å²) in [5.41, 5.74) is 6.93. The Bertz CT molecular complexity index is 422. The summed E-state index contributed by atoms with van der Waals surface area (Å²) in [6, 6.07) is 6.19. The molecule has 6 heteroatoms. The van der Waals surface area contributed by atoms with E-state index in [1.54, 1.807) is 24.3 Å². The molecule has 1 atom stereocenters. The van der Waals surface area contributed by atoms with E-state index in [-0.39, 0.29) is 24.8 Å². The summed E-state index contributed by atoms with van der Waals surface area (Å²) in [7, 11) is 2.61. The standard InChI is InChI=1S/C12H15NO4.ClH/c1-16-11(14)7-10(13)8-4-3-5-9(6-8)12(15)17-2;/h3-6,10H,7,13H2,1-2H3;1H/t10-;/m0./s1. The maximum Gasteiger partial charge on any atom is 0.337 e. The largest absolute Gasteiger partial charge is 0.469 e. The molecule has 1 rings (SSSR count). The minimum absolute atomic E-state index is 0. The van der Waals surface area contributed by atoms with Gasteiger partial charge in [0.05, 0.1) is 26.2 Å². The van der Waals surface area contributed by atoms with Gasteiger partial charge >= 0.3 is 11.9 Å². The lowest BCUT2D eigenvalue weighted by Gasteiger charge is -2.11. The van der Waals surface area contributed by atoms with Gasteiger partial charge in [0.15, 0.2) is 0 Å². The third-order valence-electron chi connectivity index (χ3n) is 2.35. The first-order valence-electron chi connectivity index (χ1n) is 5.09. The molecule has 1 aromatic carbocycles. The van der Waals surface area contributed by atoms with E-state index in [9.17, 15) is 9.59 Å². The summed E-state index contributed by atoms with van der Waals surface area (Å²) in [6.07, 6.45) is 0.0706. The van der Waals surface area contributed by atoms with E-state index < -0.39 is 12.0 Å². The van der Waals surface area contributed by atoms with Gasteiger partial charge < -0.3 is 15.2 Å². The van der Waals surface area contributed by atoms with E-state index in [1.165, 1.54) is 14.2 Å². The highest BCUT2D eigenvalue weighted by molar-refractivity contribution is 5.89. The lowest BCUT2D eigenvalue weighted by atomic mass is 10.0. The first-order chi connectivity index (χ1) is 8.08. The van der Waals surface area contributed by atoms with Crippen molar-refractivity contribution < 1.29 is 19.1 Å². The summed E-state index contributed by atoms with van der Waals surface area (Å²) >= 11 is 0. The van der Waals surface area contributed by atoms with Gasteiger partial charge in [0.25, 0.3) is 0 Å². The van der Waals surface area contributed by atoms with E-state index >= 15 is 0 Å². The molecular formula is C12H16ClNO4. The fourth-order valence-electron chi connectivity index (χ4n) is 1.39. The Kier molecular flexibility index (Phi) is 7.00. The second kappa shape index (κ2) is 7.68. The van der Waals surface area contributed by atoms with E-state index in [0.717, 1.165) is 0 Å². The van der Waals surface area contributed by atoms with Crippen LogP contribution in [0.15, 0.2) is 24.3 Å². The lowest BCUT2D eigenvalue weighted by Crippen LogP contribution is -2.16. The molecule has 0 aliphatic heterocycles. The highest BCUT2D eigenvalue weighted by atomic mass is 35.5. The maximum atomic E-state index is 11.3. The summed E-state index contributed by atoms with van der Waals surface area (Å²) in [5.74, 6) is -0.821. The number of carbonyl (C=O) groups is 2. The van der Waals surface area contributed by atoms with Crippen molar-refractivity contribution in [1.82, 2.24) is 0 Å². The Morgan fingerprint density at radius 2 is 1.94 bits per heavy atom. The zero-order valence-electron chi connectivity index (χ0n) is 10.2. The minimum atomic E-state index is -0.493. The van der Waals surface area contributed by atoms with Crippen LogP contribution in [0.5, 0.6) is 0 Å². The summed E-state index contributed by atoms with van der Waals surface area (Å²) in [5, 5.41) is 0. The summed E-state index contributed by atoms with van der Waals surface area (Å²) in [4.78, 5) is 22.4. The number of hydrogen-bond acceptors (Lipinski definition) is 5. The number of nitrogens with two attached hydrogens (primary N) is 1. The van der Waals surface area contributed by atoms with Crippen molar-refractivity contribution >= 4 is 24.3 Å². The third-order valence-corrected chi connectivity index (χ3v) is 2.35. The number of benzene rings is 1. The molecule has 5 nitrogen and oxygen atoms in total. The fourth-order valence-corrected chi connectivity index (χ4v) is 1.39. The van der Waals surface area contributed by atoms with Crippen LogP contribution in [0.4, 0.5) is 0 Å². The first-order valence-corrected chi connectivity index (χ1v) is 5.09. The number of carbonyl (C=O) groups excluding carboxylic acids is 2. The molecule has 2 N–H and O–H groups in total. The molecule has 0 spiro atoms. The molecule has 0 heterocycles.